The normalized spacial score (nSPS) is 16.0. The molecule has 0 saturated heterocycles. The molecule has 0 spiro atoms. The molecular formula is C29H35BrN3O2+. The van der Waals surface area contributed by atoms with Crippen molar-refractivity contribution in [1.82, 2.24) is 4.57 Å². The van der Waals surface area contributed by atoms with Gasteiger partial charge in [-0.25, -0.2) is 9.13 Å². The largest absolute Gasteiger partial charge is 0.466 e. The Bertz CT molecular complexity index is 1330. The highest BCUT2D eigenvalue weighted by Crippen LogP contribution is 2.47. The van der Waals surface area contributed by atoms with Crippen LogP contribution >= 0.6 is 15.9 Å². The van der Waals surface area contributed by atoms with Gasteiger partial charge in [0.05, 0.1) is 19.7 Å². The zero-order chi connectivity index (χ0) is 25.3. The summed E-state index contributed by atoms with van der Waals surface area (Å²) in [4.78, 5) is 13.5. The number of halogens is 1. The Labute approximate surface area is 216 Å². The Hall–Kier alpha value is -2.86. The summed E-state index contributed by atoms with van der Waals surface area (Å²) in [6.07, 6.45) is 7.38. The van der Waals surface area contributed by atoms with Crippen molar-refractivity contribution >= 4 is 44.7 Å². The van der Waals surface area contributed by atoms with Gasteiger partial charge >= 0.3 is 5.97 Å². The van der Waals surface area contributed by atoms with E-state index >= 15 is 0 Å². The van der Waals surface area contributed by atoms with Crippen LogP contribution in [0.4, 0.5) is 5.69 Å². The molecule has 0 radical (unpaired) electrons. The molecule has 2 aromatic carbocycles. The van der Waals surface area contributed by atoms with E-state index in [4.69, 9.17) is 4.74 Å². The fraction of sp³-hybridized carbons (Fsp3) is 0.379. The van der Waals surface area contributed by atoms with E-state index in [1.807, 2.05) is 0 Å². The highest BCUT2D eigenvalue weighted by atomic mass is 79.9. The maximum absolute atomic E-state index is 11.2. The van der Waals surface area contributed by atoms with Gasteiger partial charge in [0.2, 0.25) is 0 Å². The van der Waals surface area contributed by atoms with Gasteiger partial charge in [0.25, 0.3) is 5.82 Å². The number of benzene rings is 2. The summed E-state index contributed by atoms with van der Waals surface area (Å²) in [5.74, 6) is 0.897. The molecule has 0 N–H and O–H groups in total. The van der Waals surface area contributed by atoms with Crippen molar-refractivity contribution in [2.24, 2.45) is 0 Å². The van der Waals surface area contributed by atoms with Crippen LogP contribution in [0.3, 0.4) is 0 Å². The number of fused-ring (bicyclic) bond motifs is 2. The average Bonchev–Trinajstić information content (AvgIpc) is 3.19. The molecule has 0 amide bonds. The van der Waals surface area contributed by atoms with Crippen molar-refractivity contribution in [3.05, 3.63) is 75.7 Å². The number of esters is 1. The number of nitrogens with zero attached hydrogens (tertiary/aromatic N) is 3. The minimum absolute atomic E-state index is 0.0667. The van der Waals surface area contributed by atoms with E-state index in [1.54, 1.807) is 0 Å². The molecule has 1 aliphatic rings. The number of imidazole rings is 1. The fourth-order valence-corrected chi connectivity index (χ4v) is 5.54. The number of hydrogen-bond acceptors (Lipinski definition) is 3. The first kappa shape index (κ1) is 25.2. The monoisotopic (exact) mass is 536 g/mol. The molecule has 184 valence electrons. The van der Waals surface area contributed by atoms with Crippen LogP contribution < -0.4 is 9.47 Å². The molecule has 2 heterocycles. The zero-order valence-electron chi connectivity index (χ0n) is 21.6. The van der Waals surface area contributed by atoms with Crippen LogP contribution in [0.15, 0.2) is 58.7 Å². The maximum atomic E-state index is 11.2. The molecule has 0 saturated carbocycles. The third-order valence-corrected chi connectivity index (χ3v) is 7.40. The Morgan fingerprint density at radius 2 is 1.97 bits per heavy atom. The van der Waals surface area contributed by atoms with Crippen molar-refractivity contribution in [3.8, 4) is 0 Å². The van der Waals surface area contributed by atoms with Crippen LogP contribution in [0.2, 0.25) is 0 Å². The molecule has 0 aliphatic carbocycles. The van der Waals surface area contributed by atoms with Gasteiger partial charge in [-0.1, -0.05) is 53.5 Å². The minimum atomic E-state index is -0.235. The number of ether oxygens (including phenoxy) is 1. The first-order valence-electron chi connectivity index (χ1n) is 12.2. The first-order valence-corrected chi connectivity index (χ1v) is 13.0. The summed E-state index contributed by atoms with van der Waals surface area (Å²) in [6, 6.07) is 13.1. The second-order valence-corrected chi connectivity index (χ2v) is 10.6. The Morgan fingerprint density at radius 3 is 2.69 bits per heavy atom. The Morgan fingerprint density at radius 1 is 1.20 bits per heavy atom. The molecule has 0 bridgehead atoms. The van der Waals surface area contributed by atoms with Crippen molar-refractivity contribution in [2.75, 3.05) is 18.6 Å². The van der Waals surface area contributed by atoms with Gasteiger partial charge in [0, 0.05) is 53.8 Å². The molecule has 0 atom stereocenters. The predicted molar refractivity (Wildman–Crippen MR) is 146 cm³/mol. The minimum Gasteiger partial charge on any atom is -0.466 e. The molecule has 3 aromatic rings. The van der Waals surface area contributed by atoms with Gasteiger partial charge in [-0.2, -0.15) is 0 Å². The van der Waals surface area contributed by atoms with Crippen LogP contribution in [0.25, 0.3) is 17.1 Å². The number of hydrogen-bond donors (Lipinski definition) is 0. The number of anilines is 1. The average molecular weight is 538 g/mol. The number of allylic oxidation sites excluding steroid dienone is 3. The molecule has 1 aromatic heterocycles. The van der Waals surface area contributed by atoms with Crippen LogP contribution in [0.5, 0.6) is 0 Å². The lowest BCUT2D eigenvalue weighted by Gasteiger charge is -2.23. The molecule has 35 heavy (non-hydrogen) atoms. The molecule has 0 unspecified atom stereocenters. The summed E-state index contributed by atoms with van der Waals surface area (Å²) in [5, 5.41) is 0. The molecule has 1 aliphatic heterocycles. The standard InChI is InChI=1S/C29H35BrN3O2/c1-7-32-26-19-22(30)13-15-25(26)33(16-9-17-35-21(3)34)28(32)11-8-10-27-29(4,5)23-18-20(2)12-14-24(23)31(27)6/h8,10-15,18-19H,7,9,16-17H2,1-6H3/q+1. The van der Waals surface area contributed by atoms with Gasteiger partial charge in [-0.05, 0) is 43.7 Å². The third kappa shape index (κ3) is 4.81. The number of rotatable bonds is 7. The van der Waals surface area contributed by atoms with Crippen molar-refractivity contribution < 1.29 is 14.1 Å². The van der Waals surface area contributed by atoms with Gasteiger partial charge in [0.1, 0.15) is 0 Å². The summed E-state index contributed by atoms with van der Waals surface area (Å²) in [6.45, 7) is 12.4. The lowest BCUT2D eigenvalue weighted by Crippen LogP contribution is -2.37. The summed E-state index contributed by atoms with van der Waals surface area (Å²) < 4.78 is 10.9. The van der Waals surface area contributed by atoms with Gasteiger partial charge < -0.3 is 9.64 Å². The quantitative estimate of drug-likeness (QED) is 0.202. The van der Waals surface area contributed by atoms with E-state index in [2.05, 4.69) is 119 Å². The Balaban J connectivity index is 1.72. The molecule has 5 nitrogen and oxygen atoms in total. The van der Waals surface area contributed by atoms with Crippen molar-refractivity contribution in [1.29, 1.82) is 0 Å². The molecule has 0 fully saturated rings. The van der Waals surface area contributed by atoms with E-state index in [9.17, 15) is 4.79 Å². The molecular weight excluding hydrogens is 502 g/mol. The molecule has 4 rings (SSSR count). The SMILES string of the molecule is CCn1c(C=CC=C2N(C)c3ccc(C)cc3C2(C)C)[n+](CCCOC(C)=O)c2ccc(Br)cc21. The molecule has 6 heteroatoms. The van der Waals surface area contributed by atoms with Crippen LogP contribution in [-0.2, 0) is 28.0 Å². The topological polar surface area (TPSA) is 38.4 Å². The number of aromatic nitrogens is 2. The highest BCUT2D eigenvalue weighted by molar-refractivity contribution is 9.10. The third-order valence-electron chi connectivity index (χ3n) is 6.91. The predicted octanol–water partition coefficient (Wildman–Crippen LogP) is 6.30. The van der Waals surface area contributed by atoms with E-state index in [-0.39, 0.29) is 11.4 Å². The van der Waals surface area contributed by atoms with Crippen molar-refractivity contribution in [2.45, 2.75) is 59.5 Å². The maximum Gasteiger partial charge on any atom is 0.302 e. The first-order chi connectivity index (χ1) is 16.6. The summed E-state index contributed by atoms with van der Waals surface area (Å²) in [7, 11) is 2.15. The fourth-order valence-electron chi connectivity index (χ4n) is 5.19. The lowest BCUT2D eigenvalue weighted by molar-refractivity contribution is -0.674. The lowest BCUT2D eigenvalue weighted by atomic mass is 9.83. The van der Waals surface area contributed by atoms with Crippen LogP contribution in [-0.4, -0.2) is 24.2 Å². The Kier molecular flexibility index (Phi) is 7.22. The summed E-state index contributed by atoms with van der Waals surface area (Å²) in [5.41, 5.74) is 7.49. The number of aryl methyl sites for hydroxylation is 3. The van der Waals surface area contributed by atoms with E-state index in [0.29, 0.717) is 6.61 Å². The van der Waals surface area contributed by atoms with Gasteiger partial charge in [-0.15, -0.1) is 0 Å². The van der Waals surface area contributed by atoms with E-state index < -0.39 is 0 Å². The second-order valence-electron chi connectivity index (χ2n) is 9.70. The second kappa shape index (κ2) is 10.0. The van der Waals surface area contributed by atoms with E-state index in [1.165, 1.54) is 40.5 Å². The van der Waals surface area contributed by atoms with Crippen LogP contribution in [0, 0.1) is 6.92 Å². The summed E-state index contributed by atoms with van der Waals surface area (Å²) >= 11 is 3.63. The number of likely N-dealkylation sites (N-methyl/N-ethyl adjacent to an activating group) is 1. The highest BCUT2D eigenvalue weighted by Gasteiger charge is 2.38. The number of carbonyl (C=O) groups excluding carboxylic acids is 1. The van der Waals surface area contributed by atoms with Gasteiger partial charge in [-0.3, -0.25) is 4.79 Å². The van der Waals surface area contributed by atoms with Gasteiger partial charge in [0.15, 0.2) is 11.0 Å². The number of carbonyl (C=O) groups is 1. The zero-order valence-corrected chi connectivity index (χ0v) is 23.1. The van der Waals surface area contributed by atoms with Crippen LogP contribution in [0.1, 0.15) is 51.1 Å². The smallest absolute Gasteiger partial charge is 0.302 e. The van der Waals surface area contributed by atoms with Crippen molar-refractivity contribution in [3.63, 3.8) is 0 Å². The van der Waals surface area contributed by atoms with E-state index in [0.717, 1.165) is 29.8 Å².